The average Bonchev–Trinajstić information content (AvgIpc) is 3.04. The largest absolute Gasteiger partial charge is 0.416 e. The molecule has 0 spiro atoms. The van der Waals surface area contributed by atoms with Crippen molar-refractivity contribution in [1.29, 1.82) is 0 Å². The maximum atomic E-state index is 5.92. The standard InChI is InChI=1S/C19H15N3O/c1-12-6-5-7-14(10-12)18-21-22-19(23-18)16-11-13(2)20-17-9-4-3-8-15(16)17/h3-11H,1-2H3. The summed E-state index contributed by atoms with van der Waals surface area (Å²) in [6, 6.07) is 18.0. The van der Waals surface area contributed by atoms with Crippen LogP contribution < -0.4 is 0 Å². The van der Waals surface area contributed by atoms with Crippen molar-refractivity contribution >= 4 is 10.9 Å². The predicted molar refractivity (Wildman–Crippen MR) is 89.9 cm³/mol. The third-order valence-corrected chi connectivity index (χ3v) is 3.76. The van der Waals surface area contributed by atoms with E-state index in [0.717, 1.165) is 33.3 Å². The van der Waals surface area contributed by atoms with Crippen molar-refractivity contribution < 1.29 is 4.42 Å². The van der Waals surface area contributed by atoms with E-state index in [1.807, 2.05) is 68.4 Å². The SMILES string of the molecule is Cc1cccc(-c2nnc(-c3cc(C)nc4ccccc34)o2)c1. The van der Waals surface area contributed by atoms with Gasteiger partial charge in [0.2, 0.25) is 11.8 Å². The number of nitrogens with zero attached hydrogens (tertiary/aromatic N) is 3. The summed E-state index contributed by atoms with van der Waals surface area (Å²) in [5.74, 6) is 1.05. The Bertz CT molecular complexity index is 1000. The van der Waals surface area contributed by atoms with Gasteiger partial charge in [0.05, 0.1) is 11.1 Å². The molecule has 0 amide bonds. The van der Waals surface area contributed by atoms with E-state index in [1.54, 1.807) is 0 Å². The van der Waals surface area contributed by atoms with Gasteiger partial charge in [0, 0.05) is 16.6 Å². The number of hydrogen-bond acceptors (Lipinski definition) is 4. The first-order valence-electron chi connectivity index (χ1n) is 7.48. The fraction of sp³-hybridized carbons (Fsp3) is 0.105. The van der Waals surface area contributed by atoms with E-state index in [4.69, 9.17) is 4.42 Å². The molecule has 0 saturated carbocycles. The molecule has 0 bridgehead atoms. The molecule has 4 heteroatoms. The molecule has 0 atom stereocenters. The Morgan fingerprint density at radius 2 is 1.65 bits per heavy atom. The van der Waals surface area contributed by atoms with E-state index < -0.39 is 0 Å². The van der Waals surface area contributed by atoms with Crippen LogP contribution in [0.15, 0.2) is 59.0 Å². The van der Waals surface area contributed by atoms with Gasteiger partial charge < -0.3 is 4.42 Å². The van der Waals surface area contributed by atoms with Gasteiger partial charge >= 0.3 is 0 Å². The first kappa shape index (κ1) is 13.6. The van der Waals surface area contributed by atoms with Gasteiger partial charge in [-0.05, 0) is 38.1 Å². The van der Waals surface area contributed by atoms with Crippen molar-refractivity contribution in [3.05, 3.63) is 65.9 Å². The summed E-state index contributed by atoms with van der Waals surface area (Å²) in [7, 11) is 0. The second-order valence-electron chi connectivity index (χ2n) is 5.61. The molecule has 0 N–H and O–H groups in total. The Balaban J connectivity index is 1.87. The fourth-order valence-electron chi connectivity index (χ4n) is 2.71. The Morgan fingerprint density at radius 3 is 2.52 bits per heavy atom. The molecule has 112 valence electrons. The zero-order valence-corrected chi connectivity index (χ0v) is 12.9. The quantitative estimate of drug-likeness (QED) is 0.544. The molecule has 2 heterocycles. The number of pyridine rings is 1. The van der Waals surface area contributed by atoms with Gasteiger partial charge in [-0.3, -0.25) is 4.98 Å². The van der Waals surface area contributed by atoms with Crippen LogP contribution in [-0.2, 0) is 0 Å². The molecule has 2 aromatic heterocycles. The lowest BCUT2D eigenvalue weighted by Crippen LogP contribution is -1.88. The third kappa shape index (κ3) is 2.48. The van der Waals surface area contributed by atoms with E-state index in [1.165, 1.54) is 0 Å². The van der Waals surface area contributed by atoms with Crippen LogP contribution in [0.2, 0.25) is 0 Å². The Kier molecular flexibility index (Phi) is 3.15. The topological polar surface area (TPSA) is 51.8 Å². The van der Waals surface area contributed by atoms with E-state index in [2.05, 4.69) is 15.2 Å². The maximum absolute atomic E-state index is 5.92. The number of rotatable bonds is 2. The monoisotopic (exact) mass is 301 g/mol. The minimum atomic E-state index is 0.517. The summed E-state index contributed by atoms with van der Waals surface area (Å²) < 4.78 is 5.92. The molecular formula is C19H15N3O. The summed E-state index contributed by atoms with van der Waals surface area (Å²) in [4.78, 5) is 4.55. The van der Waals surface area contributed by atoms with Crippen LogP contribution in [0, 0.1) is 13.8 Å². The second kappa shape index (κ2) is 5.32. The van der Waals surface area contributed by atoms with Gasteiger partial charge in [0.1, 0.15) is 0 Å². The first-order chi connectivity index (χ1) is 11.2. The molecule has 0 saturated heterocycles. The smallest absolute Gasteiger partial charge is 0.248 e. The van der Waals surface area contributed by atoms with Crippen LogP contribution in [0.3, 0.4) is 0 Å². The summed E-state index contributed by atoms with van der Waals surface area (Å²) in [6.45, 7) is 4.01. The molecule has 0 unspecified atom stereocenters. The highest BCUT2D eigenvalue weighted by molar-refractivity contribution is 5.92. The van der Waals surface area contributed by atoms with Gasteiger partial charge in [-0.25, -0.2) is 0 Å². The molecule has 0 aliphatic carbocycles. The molecule has 23 heavy (non-hydrogen) atoms. The zero-order chi connectivity index (χ0) is 15.8. The summed E-state index contributed by atoms with van der Waals surface area (Å²) in [6.07, 6.45) is 0. The average molecular weight is 301 g/mol. The van der Waals surface area contributed by atoms with E-state index in [0.29, 0.717) is 11.8 Å². The molecular weight excluding hydrogens is 286 g/mol. The van der Waals surface area contributed by atoms with Gasteiger partial charge in [0.15, 0.2) is 0 Å². The highest BCUT2D eigenvalue weighted by Crippen LogP contribution is 2.30. The number of aryl methyl sites for hydroxylation is 2. The first-order valence-corrected chi connectivity index (χ1v) is 7.48. The number of fused-ring (bicyclic) bond motifs is 1. The van der Waals surface area contributed by atoms with E-state index in [9.17, 15) is 0 Å². The fourth-order valence-corrected chi connectivity index (χ4v) is 2.71. The summed E-state index contributed by atoms with van der Waals surface area (Å²) in [5, 5.41) is 9.45. The van der Waals surface area contributed by atoms with Gasteiger partial charge in [-0.2, -0.15) is 0 Å². The summed E-state index contributed by atoms with van der Waals surface area (Å²) in [5.41, 5.74) is 4.86. The molecule has 0 aliphatic heterocycles. The van der Waals surface area contributed by atoms with E-state index in [-0.39, 0.29) is 0 Å². The van der Waals surface area contributed by atoms with E-state index >= 15 is 0 Å². The van der Waals surface area contributed by atoms with Crippen LogP contribution >= 0.6 is 0 Å². The number of benzene rings is 2. The van der Waals surface area contributed by atoms with Crippen molar-refractivity contribution in [1.82, 2.24) is 15.2 Å². The van der Waals surface area contributed by atoms with Crippen molar-refractivity contribution in [2.45, 2.75) is 13.8 Å². The van der Waals surface area contributed by atoms with Crippen molar-refractivity contribution in [3.63, 3.8) is 0 Å². The molecule has 2 aromatic carbocycles. The Labute approximate surface area is 133 Å². The van der Waals surface area contributed by atoms with Crippen LogP contribution in [0.5, 0.6) is 0 Å². The minimum Gasteiger partial charge on any atom is -0.416 e. The normalized spacial score (nSPS) is 11.0. The Morgan fingerprint density at radius 1 is 0.826 bits per heavy atom. The number of hydrogen-bond donors (Lipinski definition) is 0. The molecule has 0 radical (unpaired) electrons. The van der Waals surface area contributed by atoms with Gasteiger partial charge in [-0.1, -0.05) is 35.9 Å². The zero-order valence-electron chi connectivity index (χ0n) is 12.9. The number of para-hydroxylation sites is 1. The highest BCUT2D eigenvalue weighted by atomic mass is 16.4. The van der Waals surface area contributed by atoms with Crippen LogP contribution in [0.25, 0.3) is 33.8 Å². The van der Waals surface area contributed by atoms with Crippen LogP contribution in [0.4, 0.5) is 0 Å². The van der Waals surface area contributed by atoms with Crippen LogP contribution in [-0.4, -0.2) is 15.2 Å². The van der Waals surface area contributed by atoms with Gasteiger partial charge in [0.25, 0.3) is 0 Å². The minimum absolute atomic E-state index is 0.517. The summed E-state index contributed by atoms with van der Waals surface area (Å²) >= 11 is 0. The highest BCUT2D eigenvalue weighted by Gasteiger charge is 2.14. The molecule has 4 nitrogen and oxygen atoms in total. The van der Waals surface area contributed by atoms with Crippen molar-refractivity contribution in [2.75, 3.05) is 0 Å². The molecule has 0 aliphatic rings. The van der Waals surface area contributed by atoms with Gasteiger partial charge in [-0.15, -0.1) is 10.2 Å². The lowest BCUT2D eigenvalue weighted by molar-refractivity contribution is 0.585. The Hall–Kier alpha value is -3.01. The predicted octanol–water partition coefficient (Wildman–Crippen LogP) is 4.57. The maximum Gasteiger partial charge on any atom is 0.248 e. The van der Waals surface area contributed by atoms with Crippen molar-refractivity contribution in [3.8, 4) is 22.9 Å². The molecule has 4 aromatic rings. The molecule has 4 rings (SSSR count). The third-order valence-electron chi connectivity index (χ3n) is 3.76. The van der Waals surface area contributed by atoms with Crippen LogP contribution in [0.1, 0.15) is 11.3 Å². The number of aromatic nitrogens is 3. The lowest BCUT2D eigenvalue weighted by atomic mass is 10.1. The lowest BCUT2D eigenvalue weighted by Gasteiger charge is -2.04. The van der Waals surface area contributed by atoms with Crippen molar-refractivity contribution in [2.24, 2.45) is 0 Å². The second-order valence-corrected chi connectivity index (χ2v) is 5.61. The molecule has 0 fully saturated rings.